The standard InChI is InChI=1S/C17H12ClN3/c18-9-12-10-19-17(14-6-2-1-5-13(12)14)21-11-20-15-7-3-4-8-16(15)21/h1-8,10-11H,9H2. The molecule has 0 bridgehead atoms. The molecule has 0 fully saturated rings. The van der Waals surface area contributed by atoms with Crippen LogP contribution in [0.5, 0.6) is 0 Å². The van der Waals surface area contributed by atoms with Crippen molar-refractivity contribution in [2.75, 3.05) is 0 Å². The van der Waals surface area contributed by atoms with E-state index in [1.54, 1.807) is 0 Å². The number of para-hydroxylation sites is 2. The summed E-state index contributed by atoms with van der Waals surface area (Å²) in [6.07, 6.45) is 3.67. The van der Waals surface area contributed by atoms with Crippen LogP contribution in [0.1, 0.15) is 5.56 Å². The van der Waals surface area contributed by atoms with Gasteiger partial charge in [0.05, 0.1) is 11.0 Å². The summed E-state index contributed by atoms with van der Waals surface area (Å²) in [5, 5.41) is 2.22. The van der Waals surface area contributed by atoms with Crippen molar-refractivity contribution in [2.24, 2.45) is 0 Å². The molecule has 0 radical (unpaired) electrons. The van der Waals surface area contributed by atoms with Crippen LogP contribution < -0.4 is 0 Å². The number of halogens is 1. The lowest BCUT2D eigenvalue weighted by molar-refractivity contribution is 1.03. The van der Waals surface area contributed by atoms with Gasteiger partial charge in [0.15, 0.2) is 0 Å². The maximum Gasteiger partial charge on any atom is 0.146 e. The zero-order valence-electron chi connectivity index (χ0n) is 11.2. The monoisotopic (exact) mass is 293 g/mol. The average molecular weight is 294 g/mol. The highest BCUT2D eigenvalue weighted by atomic mass is 35.5. The second kappa shape index (κ2) is 4.86. The van der Waals surface area contributed by atoms with Crippen molar-refractivity contribution in [3.05, 3.63) is 66.6 Å². The quantitative estimate of drug-likeness (QED) is 0.516. The molecule has 0 saturated heterocycles. The molecule has 0 aliphatic heterocycles. The Labute approximate surface area is 126 Å². The molecule has 0 amide bonds. The van der Waals surface area contributed by atoms with Gasteiger partial charge < -0.3 is 0 Å². The number of fused-ring (bicyclic) bond motifs is 2. The van der Waals surface area contributed by atoms with E-state index in [2.05, 4.69) is 22.1 Å². The van der Waals surface area contributed by atoms with Gasteiger partial charge in [-0.3, -0.25) is 4.57 Å². The largest absolute Gasteiger partial charge is 0.282 e. The molecule has 0 saturated carbocycles. The lowest BCUT2D eigenvalue weighted by Gasteiger charge is -2.10. The molecule has 4 aromatic rings. The molecular weight excluding hydrogens is 282 g/mol. The lowest BCUT2D eigenvalue weighted by atomic mass is 10.1. The fourth-order valence-electron chi connectivity index (χ4n) is 2.66. The van der Waals surface area contributed by atoms with Gasteiger partial charge in [0, 0.05) is 17.5 Å². The maximum atomic E-state index is 6.02. The molecular formula is C17H12ClN3. The molecule has 0 aliphatic carbocycles. The number of hydrogen-bond donors (Lipinski definition) is 0. The molecule has 0 N–H and O–H groups in total. The lowest BCUT2D eigenvalue weighted by Crippen LogP contribution is -1.99. The third-order valence-corrected chi connectivity index (χ3v) is 3.97. The Morgan fingerprint density at radius 2 is 1.67 bits per heavy atom. The fraction of sp³-hybridized carbons (Fsp3) is 0.0588. The second-order valence-electron chi connectivity index (χ2n) is 4.89. The van der Waals surface area contributed by atoms with Crippen LogP contribution in [-0.2, 0) is 5.88 Å². The van der Waals surface area contributed by atoms with E-state index >= 15 is 0 Å². The van der Waals surface area contributed by atoms with E-state index in [1.807, 2.05) is 53.5 Å². The number of nitrogens with zero attached hydrogens (tertiary/aromatic N) is 3. The molecule has 3 nitrogen and oxygen atoms in total. The number of benzene rings is 2. The van der Waals surface area contributed by atoms with Crippen LogP contribution in [0.3, 0.4) is 0 Å². The normalized spacial score (nSPS) is 11.3. The van der Waals surface area contributed by atoms with Crippen LogP contribution in [0.25, 0.3) is 27.6 Å². The minimum Gasteiger partial charge on any atom is -0.282 e. The van der Waals surface area contributed by atoms with E-state index in [4.69, 9.17) is 11.6 Å². The summed E-state index contributed by atoms with van der Waals surface area (Å²) in [5.74, 6) is 1.34. The van der Waals surface area contributed by atoms with Gasteiger partial charge in [0.2, 0.25) is 0 Å². The van der Waals surface area contributed by atoms with Crippen molar-refractivity contribution in [3.63, 3.8) is 0 Å². The minimum atomic E-state index is 0.457. The number of alkyl halides is 1. The molecule has 0 unspecified atom stereocenters. The molecule has 0 aliphatic rings. The van der Waals surface area contributed by atoms with Crippen LogP contribution in [-0.4, -0.2) is 14.5 Å². The SMILES string of the molecule is ClCc1cnc(-n2cnc3ccccc32)c2ccccc12. The predicted octanol–water partition coefficient (Wildman–Crippen LogP) is 4.31. The maximum absolute atomic E-state index is 6.02. The first kappa shape index (κ1) is 12.4. The van der Waals surface area contributed by atoms with E-state index in [-0.39, 0.29) is 0 Å². The van der Waals surface area contributed by atoms with Gasteiger partial charge >= 0.3 is 0 Å². The molecule has 4 rings (SSSR count). The Kier molecular flexibility index (Phi) is 2.86. The zero-order valence-corrected chi connectivity index (χ0v) is 12.0. The summed E-state index contributed by atoms with van der Waals surface area (Å²) in [6, 6.07) is 16.2. The first-order valence-electron chi connectivity index (χ1n) is 6.73. The second-order valence-corrected chi connectivity index (χ2v) is 5.16. The summed E-state index contributed by atoms with van der Waals surface area (Å²) < 4.78 is 2.02. The Morgan fingerprint density at radius 3 is 2.52 bits per heavy atom. The molecule has 2 aromatic carbocycles. The zero-order chi connectivity index (χ0) is 14.2. The Balaban J connectivity index is 2.07. The third-order valence-electron chi connectivity index (χ3n) is 3.68. The number of pyridine rings is 1. The predicted molar refractivity (Wildman–Crippen MR) is 85.9 cm³/mol. The van der Waals surface area contributed by atoms with Crippen LogP contribution in [0, 0.1) is 0 Å². The van der Waals surface area contributed by atoms with E-state index < -0.39 is 0 Å². The van der Waals surface area contributed by atoms with Crippen molar-refractivity contribution < 1.29 is 0 Å². The van der Waals surface area contributed by atoms with Crippen molar-refractivity contribution in [1.82, 2.24) is 14.5 Å². The van der Waals surface area contributed by atoms with Gasteiger partial charge in [0.1, 0.15) is 12.1 Å². The Bertz CT molecular complexity index is 943. The molecule has 4 heteroatoms. The van der Waals surface area contributed by atoms with E-state index in [1.165, 1.54) is 0 Å². The highest BCUT2D eigenvalue weighted by molar-refractivity contribution is 6.18. The fourth-order valence-corrected chi connectivity index (χ4v) is 2.88. The van der Waals surface area contributed by atoms with E-state index in [0.29, 0.717) is 5.88 Å². The summed E-state index contributed by atoms with van der Waals surface area (Å²) >= 11 is 6.02. The highest BCUT2D eigenvalue weighted by Gasteiger charge is 2.10. The van der Waals surface area contributed by atoms with Crippen molar-refractivity contribution in [3.8, 4) is 5.82 Å². The van der Waals surface area contributed by atoms with Gasteiger partial charge in [0.25, 0.3) is 0 Å². The topological polar surface area (TPSA) is 30.7 Å². The van der Waals surface area contributed by atoms with Crippen LogP contribution in [0.2, 0.25) is 0 Å². The van der Waals surface area contributed by atoms with E-state index in [9.17, 15) is 0 Å². The first-order valence-corrected chi connectivity index (χ1v) is 7.27. The molecule has 102 valence electrons. The highest BCUT2D eigenvalue weighted by Crippen LogP contribution is 2.26. The van der Waals surface area contributed by atoms with Crippen LogP contribution in [0.15, 0.2) is 61.1 Å². The average Bonchev–Trinajstić information content (AvgIpc) is 2.98. The van der Waals surface area contributed by atoms with Crippen molar-refractivity contribution in [1.29, 1.82) is 0 Å². The molecule has 2 heterocycles. The van der Waals surface area contributed by atoms with Gasteiger partial charge in [-0.25, -0.2) is 9.97 Å². The van der Waals surface area contributed by atoms with E-state index in [0.717, 1.165) is 33.2 Å². The molecule has 21 heavy (non-hydrogen) atoms. The van der Waals surface area contributed by atoms with Gasteiger partial charge in [-0.15, -0.1) is 11.6 Å². The smallest absolute Gasteiger partial charge is 0.146 e. The number of rotatable bonds is 2. The first-order chi connectivity index (χ1) is 10.4. The Hall–Kier alpha value is -2.39. The summed E-state index contributed by atoms with van der Waals surface area (Å²) in [7, 11) is 0. The summed E-state index contributed by atoms with van der Waals surface area (Å²) in [4.78, 5) is 9.05. The Morgan fingerprint density at radius 1 is 0.905 bits per heavy atom. The van der Waals surface area contributed by atoms with Crippen LogP contribution in [0.4, 0.5) is 0 Å². The molecule has 2 aromatic heterocycles. The van der Waals surface area contributed by atoms with Gasteiger partial charge in [-0.2, -0.15) is 0 Å². The van der Waals surface area contributed by atoms with Crippen molar-refractivity contribution >= 4 is 33.4 Å². The summed E-state index contributed by atoms with van der Waals surface area (Å²) in [6.45, 7) is 0. The summed E-state index contributed by atoms with van der Waals surface area (Å²) in [5.41, 5.74) is 3.05. The number of imidazole rings is 1. The number of hydrogen-bond acceptors (Lipinski definition) is 2. The van der Waals surface area contributed by atoms with Gasteiger partial charge in [-0.1, -0.05) is 36.4 Å². The third kappa shape index (κ3) is 1.89. The number of aromatic nitrogens is 3. The van der Waals surface area contributed by atoms with Gasteiger partial charge in [-0.05, 0) is 23.1 Å². The van der Waals surface area contributed by atoms with Crippen LogP contribution >= 0.6 is 11.6 Å². The molecule has 0 spiro atoms. The minimum absolute atomic E-state index is 0.457. The molecule has 0 atom stereocenters. The van der Waals surface area contributed by atoms with Crippen molar-refractivity contribution in [2.45, 2.75) is 5.88 Å².